The van der Waals surface area contributed by atoms with Crippen molar-refractivity contribution in [1.82, 2.24) is 4.98 Å². The Morgan fingerprint density at radius 3 is 2.31 bits per heavy atom. The molecule has 0 saturated heterocycles. The fraction of sp³-hybridized carbons (Fsp3) is 0. The van der Waals surface area contributed by atoms with Gasteiger partial charge in [-0.15, -0.1) is 0 Å². The predicted molar refractivity (Wildman–Crippen MR) is 44.9 cm³/mol. The molecule has 1 aromatic rings. The van der Waals surface area contributed by atoms with Crippen molar-refractivity contribution in [2.24, 2.45) is 0 Å². The quantitative estimate of drug-likeness (QED) is 0.681. The summed E-state index contributed by atoms with van der Waals surface area (Å²) in [6, 6.07) is 2.77. The second-order valence-corrected chi connectivity index (χ2v) is 3.93. The maximum atomic E-state index is 10.6. The molecule has 1 heterocycles. The zero-order valence-electron chi connectivity index (χ0n) is 6.39. The van der Waals surface area contributed by atoms with Crippen molar-refractivity contribution in [3.63, 3.8) is 0 Å². The van der Waals surface area contributed by atoms with Crippen LogP contribution in [0, 0.1) is 0 Å². The van der Waals surface area contributed by atoms with Gasteiger partial charge in [0.25, 0.3) is 0 Å². The summed E-state index contributed by atoms with van der Waals surface area (Å²) in [7, 11) is 0. The molecule has 5 nitrogen and oxygen atoms in total. The SMILES string of the molecule is O=C(O)c1cc[c]([SnH])nc1C(=O)O. The van der Waals surface area contributed by atoms with Gasteiger partial charge in [-0.05, 0) is 0 Å². The third-order valence-corrected chi connectivity index (χ3v) is 2.27. The van der Waals surface area contributed by atoms with E-state index in [0.29, 0.717) is 26.2 Å². The van der Waals surface area contributed by atoms with Crippen LogP contribution in [0.1, 0.15) is 20.8 Å². The molecule has 0 spiro atoms. The number of hydrogen-bond acceptors (Lipinski definition) is 3. The van der Waals surface area contributed by atoms with Gasteiger partial charge < -0.3 is 0 Å². The molecule has 0 bridgehead atoms. The van der Waals surface area contributed by atoms with Crippen LogP contribution in [0.3, 0.4) is 0 Å². The summed E-state index contributed by atoms with van der Waals surface area (Å²) in [5.41, 5.74) is -0.664. The van der Waals surface area contributed by atoms with E-state index in [1.807, 2.05) is 0 Å². The number of pyridine rings is 1. The van der Waals surface area contributed by atoms with Gasteiger partial charge in [0.15, 0.2) is 0 Å². The van der Waals surface area contributed by atoms with Crippen LogP contribution < -0.4 is 3.71 Å². The van der Waals surface area contributed by atoms with Crippen LogP contribution in [0.25, 0.3) is 0 Å². The summed E-state index contributed by atoms with van der Waals surface area (Å²) in [6.45, 7) is 0. The zero-order chi connectivity index (χ0) is 10.0. The minimum absolute atomic E-state index is 0.273. The van der Waals surface area contributed by atoms with Gasteiger partial charge in [0, 0.05) is 0 Å². The molecule has 0 aliphatic heterocycles. The molecule has 6 heteroatoms. The first-order valence-electron chi connectivity index (χ1n) is 3.25. The van der Waals surface area contributed by atoms with E-state index in [4.69, 9.17) is 10.2 Å². The summed E-state index contributed by atoms with van der Waals surface area (Å²) >= 11 is 0.659. The maximum absolute atomic E-state index is 10.6. The fourth-order valence-corrected chi connectivity index (χ4v) is 1.45. The second-order valence-electron chi connectivity index (χ2n) is 2.24. The number of nitrogens with zero attached hydrogens (tertiary/aromatic N) is 1. The Morgan fingerprint density at radius 1 is 1.23 bits per heavy atom. The molecular weight excluding hydrogens is 281 g/mol. The average Bonchev–Trinajstić information content (AvgIpc) is 2.03. The van der Waals surface area contributed by atoms with Gasteiger partial charge in [0.2, 0.25) is 0 Å². The molecule has 2 radical (unpaired) electrons. The van der Waals surface area contributed by atoms with E-state index in [2.05, 4.69) is 4.98 Å². The van der Waals surface area contributed by atoms with Crippen molar-refractivity contribution in [1.29, 1.82) is 0 Å². The van der Waals surface area contributed by atoms with E-state index in [-0.39, 0.29) is 5.56 Å². The Balaban J connectivity index is 3.35. The van der Waals surface area contributed by atoms with Crippen LogP contribution in [0.2, 0.25) is 0 Å². The summed E-state index contributed by atoms with van der Waals surface area (Å²) in [5, 5.41) is 17.2. The molecule has 2 N–H and O–H groups in total. The molecule has 0 atom stereocenters. The molecule has 0 unspecified atom stereocenters. The minimum atomic E-state index is -1.31. The van der Waals surface area contributed by atoms with Gasteiger partial charge in [0.1, 0.15) is 0 Å². The first-order valence-corrected chi connectivity index (χ1v) is 4.90. The van der Waals surface area contributed by atoms with Crippen LogP contribution in [0.4, 0.5) is 0 Å². The number of hydrogen-bond donors (Lipinski definition) is 2. The Labute approximate surface area is 86.5 Å². The first-order chi connectivity index (χ1) is 6.02. The Hall–Kier alpha value is -1.11. The fourth-order valence-electron chi connectivity index (χ4n) is 0.810. The second kappa shape index (κ2) is 3.73. The van der Waals surface area contributed by atoms with Crippen molar-refractivity contribution in [2.45, 2.75) is 0 Å². The van der Waals surface area contributed by atoms with Crippen LogP contribution in [0.15, 0.2) is 12.1 Å². The number of aromatic carboxylic acids is 2. The monoisotopic (exact) mass is 287 g/mol. The van der Waals surface area contributed by atoms with E-state index < -0.39 is 17.6 Å². The third kappa shape index (κ3) is 2.17. The molecule has 0 fully saturated rings. The molecule has 0 saturated carbocycles. The van der Waals surface area contributed by atoms with Gasteiger partial charge in [-0.2, -0.15) is 0 Å². The normalized spacial score (nSPS) is 9.62. The topological polar surface area (TPSA) is 87.5 Å². The van der Waals surface area contributed by atoms with Crippen molar-refractivity contribution in [3.05, 3.63) is 23.4 Å². The Bertz CT molecular complexity index is 377. The molecule has 0 aliphatic rings. The van der Waals surface area contributed by atoms with E-state index in [1.165, 1.54) is 12.1 Å². The summed E-state index contributed by atoms with van der Waals surface area (Å²) < 4.78 is 0.604. The van der Waals surface area contributed by atoms with Crippen LogP contribution in [-0.4, -0.2) is 49.7 Å². The van der Waals surface area contributed by atoms with E-state index in [1.54, 1.807) is 0 Å². The number of carbonyl (C=O) groups is 2. The van der Waals surface area contributed by atoms with Gasteiger partial charge >= 0.3 is 86.3 Å². The van der Waals surface area contributed by atoms with Gasteiger partial charge in [-0.1, -0.05) is 0 Å². The van der Waals surface area contributed by atoms with Crippen molar-refractivity contribution >= 4 is 38.2 Å². The summed E-state index contributed by atoms with van der Waals surface area (Å²) in [5.74, 6) is -2.58. The van der Waals surface area contributed by atoms with Crippen LogP contribution >= 0.6 is 0 Å². The molecule has 1 rings (SSSR count). The van der Waals surface area contributed by atoms with Crippen molar-refractivity contribution < 1.29 is 19.8 Å². The van der Waals surface area contributed by atoms with Gasteiger partial charge in [0.05, 0.1) is 0 Å². The van der Waals surface area contributed by atoms with Crippen molar-refractivity contribution in [3.8, 4) is 0 Å². The van der Waals surface area contributed by atoms with Gasteiger partial charge in [-0.3, -0.25) is 0 Å². The Kier molecular flexibility index (Phi) is 2.86. The van der Waals surface area contributed by atoms with Crippen molar-refractivity contribution in [2.75, 3.05) is 0 Å². The molecular formula is C7H5NO4Sn. The van der Waals surface area contributed by atoms with Crippen LogP contribution in [-0.2, 0) is 0 Å². The molecule has 0 amide bonds. The summed E-state index contributed by atoms with van der Waals surface area (Å²) in [6.07, 6.45) is 0. The Morgan fingerprint density at radius 2 is 1.85 bits per heavy atom. The van der Waals surface area contributed by atoms with E-state index in [9.17, 15) is 9.59 Å². The van der Waals surface area contributed by atoms with Gasteiger partial charge in [-0.25, -0.2) is 0 Å². The zero-order valence-corrected chi connectivity index (χ0v) is 9.69. The molecule has 1 aromatic heterocycles. The molecule has 13 heavy (non-hydrogen) atoms. The number of aromatic nitrogens is 1. The predicted octanol–water partition coefficient (Wildman–Crippen LogP) is -0.996. The first kappa shape index (κ1) is 9.97. The summed E-state index contributed by atoms with van der Waals surface area (Å²) in [4.78, 5) is 24.8. The standard InChI is InChI=1S/C7H4NO4.Sn.H/c9-6(10)4-2-1-3-8-5(4)7(11)12;;/h1-2H,(H,9,10)(H,11,12);;. The van der Waals surface area contributed by atoms with Crippen LogP contribution in [0.5, 0.6) is 0 Å². The molecule has 0 aromatic carbocycles. The van der Waals surface area contributed by atoms with E-state index >= 15 is 0 Å². The number of rotatable bonds is 2. The number of carboxylic acid groups (broad SMARTS) is 2. The van der Waals surface area contributed by atoms with E-state index in [0.717, 1.165) is 0 Å². The number of carboxylic acids is 2. The average molecular weight is 286 g/mol. The third-order valence-electron chi connectivity index (χ3n) is 1.35. The molecule has 66 valence electrons. The molecule has 0 aliphatic carbocycles.